The summed E-state index contributed by atoms with van der Waals surface area (Å²) in [6.45, 7) is 16.3. The first-order chi connectivity index (χ1) is 13.2. The van der Waals surface area contributed by atoms with Gasteiger partial charge in [0.1, 0.15) is 0 Å². The van der Waals surface area contributed by atoms with Crippen LogP contribution in [0.3, 0.4) is 0 Å². The van der Waals surface area contributed by atoms with Gasteiger partial charge in [0.25, 0.3) is 0 Å². The predicted octanol–water partition coefficient (Wildman–Crippen LogP) is 3.62. The fraction of sp³-hybridized carbons (Fsp3) is 0.200. The Morgan fingerprint density at radius 2 is 0.857 bits per heavy atom. The van der Waals surface area contributed by atoms with Crippen molar-refractivity contribution in [1.29, 1.82) is 0 Å². The normalized spacial score (nSPS) is 29.3. The topological polar surface area (TPSA) is 36.9 Å². The Hall–Kier alpha value is -1.37. The van der Waals surface area contributed by atoms with E-state index in [1.807, 2.05) is 98.3 Å². The van der Waals surface area contributed by atoms with Gasteiger partial charge in [-0.1, -0.05) is 60.7 Å². The maximum absolute atomic E-state index is 6.77. The van der Waals surface area contributed by atoms with Crippen LogP contribution in [0.1, 0.15) is 0 Å². The number of hydrogen-bond donors (Lipinski definition) is 0. The summed E-state index contributed by atoms with van der Waals surface area (Å²) in [5, 5.41) is 2.04. The quantitative estimate of drug-likeness (QED) is 0.675. The van der Waals surface area contributed by atoms with E-state index in [9.17, 15) is 0 Å². The molecule has 1 aliphatic heterocycles. The molecule has 0 bridgehead atoms. The van der Waals surface area contributed by atoms with Crippen LogP contribution in [-0.2, 0) is 16.5 Å². The van der Waals surface area contributed by atoms with Crippen molar-refractivity contribution < 1.29 is 16.5 Å². The summed E-state index contributed by atoms with van der Waals surface area (Å²) in [7, 11) is -11.2. The SMILES string of the molecule is C=C[Si]1(c2ccccc2)O[Si](C)(C)O[Si](C=C)(c2ccccc2)O[Si](C)(C)O1. The molecule has 0 unspecified atom stereocenters. The Balaban J connectivity index is 2.12. The van der Waals surface area contributed by atoms with Crippen molar-refractivity contribution in [2.75, 3.05) is 0 Å². The Kier molecular flexibility index (Phi) is 5.95. The van der Waals surface area contributed by atoms with Crippen LogP contribution in [0, 0.1) is 0 Å². The molecule has 8 heteroatoms. The lowest BCUT2D eigenvalue weighted by atomic mass is 10.4. The lowest BCUT2D eigenvalue weighted by Gasteiger charge is -2.48. The molecule has 2 aromatic rings. The van der Waals surface area contributed by atoms with Crippen LogP contribution in [0.15, 0.2) is 85.2 Å². The first-order valence-electron chi connectivity index (χ1n) is 9.35. The highest BCUT2D eigenvalue weighted by Gasteiger charge is 2.57. The molecule has 0 aromatic heterocycles. The number of rotatable bonds is 4. The van der Waals surface area contributed by atoms with Crippen molar-refractivity contribution in [1.82, 2.24) is 0 Å². The van der Waals surface area contributed by atoms with Crippen molar-refractivity contribution in [2.24, 2.45) is 0 Å². The first kappa shape index (κ1) is 21.3. The Morgan fingerprint density at radius 1 is 0.571 bits per heavy atom. The van der Waals surface area contributed by atoms with Gasteiger partial charge in [0.15, 0.2) is 0 Å². The molecule has 2 aromatic carbocycles. The second-order valence-corrected chi connectivity index (χ2v) is 21.2. The molecular formula is C20H28O4Si4. The van der Waals surface area contributed by atoms with E-state index in [1.165, 1.54) is 0 Å². The third-order valence-electron chi connectivity index (χ3n) is 4.48. The van der Waals surface area contributed by atoms with E-state index in [4.69, 9.17) is 16.5 Å². The minimum absolute atomic E-state index is 1.02. The average Bonchev–Trinajstić information content (AvgIpc) is 2.66. The average molecular weight is 445 g/mol. The van der Waals surface area contributed by atoms with E-state index in [-0.39, 0.29) is 0 Å². The molecule has 1 saturated heterocycles. The summed E-state index contributed by atoms with van der Waals surface area (Å²) >= 11 is 0. The molecule has 1 heterocycles. The number of hydrogen-bond acceptors (Lipinski definition) is 4. The summed E-state index contributed by atoms with van der Waals surface area (Å²) in [4.78, 5) is 0. The van der Waals surface area contributed by atoms with Gasteiger partial charge in [-0.15, -0.1) is 13.2 Å². The highest BCUT2D eigenvalue weighted by molar-refractivity contribution is 7.03. The highest BCUT2D eigenvalue weighted by atomic mass is 28.5. The van der Waals surface area contributed by atoms with Gasteiger partial charge in [0.05, 0.1) is 0 Å². The van der Waals surface area contributed by atoms with Crippen molar-refractivity contribution >= 4 is 44.6 Å². The van der Waals surface area contributed by atoms with Gasteiger partial charge < -0.3 is 16.5 Å². The fourth-order valence-electron chi connectivity index (χ4n) is 3.52. The van der Waals surface area contributed by atoms with Crippen LogP contribution < -0.4 is 10.4 Å². The maximum atomic E-state index is 6.77. The second-order valence-electron chi connectivity index (χ2n) is 7.68. The molecule has 4 nitrogen and oxygen atoms in total. The molecule has 0 saturated carbocycles. The zero-order chi connectivity index (χ0) is 20.5. The molecule has 0 spiro atoms. The van der Waals surface area contributed by atoms with Crippen LogP contribution in [0.2, 0.25) is 26.2 Å². The van der Waals surface area contributed by atoms with E-state index < -0.39 is 34.2 Å². The lowest BCUT2D eigenvalue weighted by Crippen LogP contribution is -2.72. The van der Waals surface area contributed by atoms with Crippen molar-refractivity contribution in [3.63, 3.8) is 0 Å². The third-order valence-corrected chi connectivity index (χ3v) is 20.5. The van der Waals surface area contributed by atoms with Gasteiger partial charge in [0.2, 0.25) is 0 Å². The zero-order valence-electron chi connectivity index (χ0n) is 17.0. The molecule has 0 amide bonds. The third kappa shape index (κ3) is 4.29. The Bertz CT molecular complexity index is 752. The molecule has 0 aliphatic carbocycles. The summed E-state index contributed by atoms with van der Waals surface area (Å²) in [6, 6.07) is 20.1. The van der Waals surface area contributed by atoms with Gasteiger partial charge in [-0.05, 0) is 48.0 Å². The Morgan fingerprint density at radius 3 is 1.11 bits per heavy atom. The fourth-order valence-corrected chi connectivity index (χ4v) is 22.4. The zero-order valence-corrected chi connectivity index (χ0v) is 21.0. The standard InChI is InChI=1S/C20H28O4Si4/c1-7-27(19-15-11-9-12-16-19)21-25(3,4)23-28(8-2,24-26(5,6)22-27)20-17-13-10-14-18-20/h7-18H,1-2H2,3-6H3. The minimum atomic E-state index is -2.94. The van der Waals surface area contributed by atoms with Crippen molar-refractivity contribution in [3.8, 4) is 0 Å². The minimum Gasteiger partial charge on any atom is -0.409 e. The first-order valence-corrected chi connectivity index (χ1v) is 18.8. The van der Waals surface area contributed by atoms with Gasteiger partial charge >= 0.3 is 34.2 Å². The molecule has 3 rings (SSSR count). The van der Waals surface area contributed by atoms with Crippen LogP contribution in [0.5, 0.6) is 0 Å². The molecule has 0 N–H and O–H groups in total. The highest BCUT2D eigenvalue weighted by Crippen LogP contribution is 2.31. The van der Waals surface area contributed by atoms with Gasteiger partial charge in [-0.25, -0.2) is 0 Å². The van der Waals surface area contributed by atoms with Crippen LogP contribution >= 0.6 is 0 Å². The van der Waals surface area contributed by atoms with Crippen LogP contribution in [0.25, 0.3) is 0 Å². The maximum Gasteiger partial charge on any atom is 0.381 e. The van der Waals surface area contributed by atoms with Crippen LogP contribution in [0.4, 0.5) is 0 Å². The second kappa shape index (κ2) is 7.80. The summed E-state index contributed by atoms with van der Waals surface area (Å²) in [6.07, 6.45) is 0. The smallest absolute Gasteiger partial charge is 0.381 e. The van der Waals surface area contributed by atoms with Gasteiger partial charge in [-0.3, -0.25) is 0 Å². The molecule has 1 aliphatic rings. The molecular weight excluding hydrogens is 417 g/mol. The lowest BCUT2D eigenvalue weighted by molar-refractivity contribution is 0.252. The van der Waals surface area contributed by atoms with Gasteiger partial charge in [-0.2, -0.15) is 0 Å². The van der Waals surface area contributed by atoms with E-state index in [0.717, 1.165) is 10.4 Å². The van der Waals surface area contributed by atoms with E-state index >= 15 is 0 Å². The van der Waals surface area contributed by atoms with Crippen molar-refractivity contribution in [2.45, 2.75) is 26.2 Å². The summed E-state index contributed by atoms with van der Waals surface area (Å²) in [5.41, 5.74) is 3.70. The largest absolute Gasteiger partial charge is 0.409 e. The predicted molar refractivity (Wildman–Crippen MR) is 123 cm³/mol. The molecule has 0 atom stereocenters. The monoisotopic (exact) mass is 444 g/mol. The summed E-state index contributed by atoms with van der Waals surface area (Å²) in [5.74, 6) is 0. The molecule has 0 radical (unpaired) electrons. The van der Waals surface area contributed by atoms with E-state index in [0.29, 0.717) is 0 Å². The molecule has 148 valence electrons. The van der Waals surface area contributed by atoms with Gasteiger partial charge in [0, 0.05) is 0 Å². The number of benzene rings is 2. The van der Waals surface area contributed by atoms with Crippen LogP contribution in [-0.4, -0.2) is 34.2 Å². The molecule has 1 fully saturated rings. The Labute approximate surface area is 172 Å². The summed E-state index contributed by atoms with van der Waals surface area (Å²) < 4.78 is 27.1. The van der Waals surface area contributed by atoms with E-state index in [1.54, 1.807) is 0 Å². The van der Waals surface area contributed by atoms with E-state index in [2.05, 4.69) is 13.2 Å². The van der Waals surface area contributed by atoms with Crippen molar-refractivity contribution in [3.05, 3.63) is 85.2 Å². The molecule has 28 heavy (non-hydrogen) atoms.